The van der Waals surface area contributed by atoms with Gasteiger partial charge in [-0.05, 0) is 18.3 Å². The maximum Gasteiger partial charge on any atom is 0.0726 e. The summed E-state index contributed by atoms with van der Waals surface area (Å²) < 4.78 is 11.2. The molecule has 0 aromatic rings. The Bertz CT molecular complexity index is 184. The summed E-state index contributed by atoms with van der Waals surface area (Å²) in [6.07, 6.45) is 0. The monoisotopic (exact) mass is 232 g/mol. The smallest absolute Gasteiger partial charge is 0.0726 e. The molecule has 0 fully saturated rings. The van der Waals surface area contributed by atoms with Gasteiger partial charge in [0.25, 0.3) is 0 Å². The molecular formula is C13H28O3. The molecular weight excluding hydrogens is 204 g/mol. The highest BCUT2D eigenvalue weighted by Gasteiger charge is 2.41. The van der Waals surface area contributed by atoms with Gasteiger partial charge < -0.3 is 14.6 Å². The van der Waals surface area contributed by atoms with Gasteiger partial charge in [-0.3, -0.25) is 0 Å². The fraction of sp³-hybridized carbons (Fsp3) is 1.00. The first kappa shape index (κ1) is 15.9. The van der Waals surface area contributed by atoms with Gasteiger partial charge in [0, 0.05) is 0 Å². The van der Waals surface area contributed by atoms with Gasteiger partial charge in [0.1, 0.15) is 0 Å². The van der Waals surface area contributed by atoms with Crippen molar-refractivity contribution in [3.63, 3.8) is 0 Å². The maximum atomic E-state index is 8.58. The molecule has 0 aliphatic carbocycles. The average Bonchev–Trinajstić information content (AvgIpc) is 2.15. The van der Waals surface area contributed by atoms with E-state index in [9.17, 15) is 0 Å². The number of hydrogen-bond acceptors (Lipinski definition) is 3. The van der Waals surface area contributed by atoms with Gasteiger partial charge in [0.2, 0.25) is 0 Å². The van der Waals surface area contributed by atoms with E-state index in [1.165, 1.54) is 0 Å². The second-order valence-corrected chi connectivity index (χ2v) is 5.70. The Labute approximate surface area is 100 Å². The molecule has 1 unspecified atom stereocenters. The molecule has 0 rings (SSSR count). The van der Waals surface area contributed by atoms with E-state index in [1.807, 2.05) is 0 Å². The molecule has 3 heteroatoms. The van der Waals surface area contributed by atoms with Crippen molar-refractivity contribution in [2.45, 2.75) is 47.1 Å². The van der Waals surface area contributed by atoms with Crippen molar-refractivity contribution < 1.29 is 14.6 Å². The lowest BCUT2D eigenvalue weighted by atomic mass is 9.71. The van der Waals surface area contributed by atoms with Crippen LogP contribution in [-0.2, 0) is 9.47 Å². The average molecular weight is 232 g/mol. The predicted molar refractivity (Wildman–Crippen MR) is 66.6 cm³/mol. The number of aliphatic hydroxyl groups is 1. The van der Waals surface area contributed by atoms with Crippen LogP contribution in [0, 0.1) is 11.3 Å². The van der Waals surface area contributed by atoms with Crippen molar-refractivity contribution in [3.05, 3.63) is 0 Å². The number of aliphatic hydroxyl groups excluding tert-OH is 1. The van der Waals surface area contributed by atoms with Gasteiger partial charge in [0.05, 0.1) is 32.0 Å². The number of ether oxygens (including phenoxy) is 2. The Morgan fingerprint density at radius 2 is 1.56 bits per heavy atom. The van der Waals surface area contributed by atoms with Crippen LogP contribution >= 0.6 is 0 Å². The molecule has 0 aliphatic heterocycles. The van der Waals surface area contributed by atoms with Crippen LogP contribution in [0.1, 0.15) is 41.5 Å². The number of hydrogen-bond donors (Lipinski definition) is 1. The zero-order valence-corrected chi connectivity index (χ0v) is 11.7. The van der Waals surface area contributed by atoms with Crippen LogP contribution in [-0.4, -0.2) is 37.1 Å². The number of rotatable bonds is 7. The van der Waals surface area contributed by atoms with Gasteiger partial charge >= 0.3 is 0 Å². The van der Waals surface area contributed by atoms with Gasteiger partial charge in [-0.25, -0.2) is 0 Å². The van der Waals surface area contributed by atoms with Crippen molar-refractivity contribution in [1.29, 1.82) is 0 Å². The summed E-state index contributed by atoms with van der Waals surface area (Å²) in [7, 11) is 0. The lowest BCUT2D eigenvalue weighted by molar-refractivity contribution is -0.144. The lowest BCUT2D eigenvalue weighted by Gasteiger charge is -2.45. The minimum Gasteiger partial charge on any atom is -0.394 e. The van der Waals surface area contributed by atoms with Crippen LogP contribution in [0.2, 0.25) is 0 Å². The van der Waals surface area contributed by atoms with Crippen molar-refractivity contribution in [2.75, 3.05) is 26.4 Å². The highest BCUT2D eigenvalue weighted by atomic mass is 16.5. The molecule has 0 amide bonds. The molecule has 0 saturated heterocycles. The fourth-order valence-corrected chi connectivity index (χ4v) is 1.73. The van der Waals surface area contributed by atoms with E-state index in [-0.39, 0.29) is 17.6 Å². The minimum absolute atomic E-state index is 0.0702. The highest BCUT2D eigenvalue weighted by molar-refractivity contribution is 4.90. The van der Waals surface area contributed by atoms with E-state index in [0.29, 0.717) is 25.7 Å². The van der Waals surface area contributed by atoms with Crippen molar-refractivity contribution in [3.8, 4) is 0 Å². The molecule has 0 aromatic carbocycles. The van der Waals surface area contributed by atoms with E-state index in [0.717, 1.165) is 0 Å². The first-order valence-corrected chi connectivity index (χ1v) is 6.08. The normalized spacial score (nSPS) is 16.5. The summed E-state index contributed by atoms with van der Waals surface area (Å²) in [5.74, 6) is 0.449. The van der Waals surface area contributed by atoms with Crippen LogP contribution in [0.4, 0.5) is 0 Å². The molecule has 0 saturated carbocycles. The third-order valence-electron chi connectivity index (χ3n) is 3.46. The summed E-state index contributed by atoms with van der Waals surface area (Å²) in [6, 6.07) is 0. The Hall–Kier alpha value is -0.120. The van der Waals surface area contributed by atoms with Gasteiger partial charge in [-0.15, -0.1) is 0 Å². The molecule has 16 heavy (non-hydrogen) atoms. The Kier molecular flexibility index (Phi) is 6.53. The molecule has 0 bridgehead atoms. The SMILES string of the molecule is CC(C)C(C)(OCCOCCO)C(C)(C)C. The van der Waals surface area contributed by atoms with Crippen LogP contribution in [0.25, 0.3) is 0 Å². The Morgan fingerprint density at radius 1 is 1.00 bits per heavy atom. The van der Waals surface area contributed by atoms with E-state index in [2.05, 4.69) is 41.5 Å². The molecule has 98 valence electrons. The Balaban J connectivity index is 4.16. The molecule has 0 radical (unpaired) electrons. The fourth-order valence-electron chi connectivity index (χ4n) is 1.73. The molecule has 0 spiro atoms. The molecule has 0 aromatic heterocycles. The largest absolute Gasteiger partial charge is 0.394 e. The standard InChI is InChI=1S/C13H28O3/c1-11(2)13(6,12(3,4)5)16-10-9-15-8-7-14/h11,14H,7-10H2,1-6H3. The van der Waals surface area contributed by atoms with E-state index >= 15 is 0 Å². The van der Waals surface area contributed by atoms with Crippen molar-refractivity contribution in [2.24, 2.45) is 11.3 Å². The first-order valence-electron chi connectivity index (χ1n) is 6.08. The van der Waals surface area contributed by atoms with Crippen molar-refractivity contribution in [1.82, 2.24) is 0 Å². The molecule has 3 nitrogen and oxygen atoms in total. The minimum atomic E-state index is -0.157. The van der Waals surface area contributed by atoms with E-state index in [1.54, 1.807) is 0 Å². The third kappa shape index (κ3) is 4.40. The van der Waals surface area contributed by atoms with Crippen molar-refractivity contribution >= 4 is 0 Å². The van der Waals surface area contributed by atoms with Crippen LogP contribution in [0.5, 0.6) is 0 Å². The van der Waals surface area contributed by atoms with Crippen LogP contribution in [0.3, 0.4) is 0 Å². The second kappa shape index (κ2) is 6.58. The van der Waals surface area contributed by atoms with E-state index < -0.39 is 0 Å². The second-order valence-electron chi connectivity index (χ2n) is 5.70. The van der Waals surface area contributed by atoms with Crippen LogP contribution < -0.4 is 0 Å². The molecule has 1 atom stereocenters. The first-order chi connectivity index (χ1) is 7.25. The summed E-state index contributed by atoms with van der Waals surface area (Å²) in [5.41, 5.74) is -0.0618. The third-order valence-corrected chi connectivity index (χ3v) is 3.46. The summed E-state index contributed by atoms with van der Waals surface area (Å²) in [6.45, 7) is 14.7. The van der Waals surface area contributed by atoms with Gasteiger partial charge in [-0.1, -0.05) is 34.6 Å². The zero-order chi connectivity index (χ0) is 12.8. The summed E-state index contributed by atoms with van der Waals surface area (Å²) in [5, 5.41) is 8.58. The van der Waals surface area contributed by atoms with E-state index in [4.69, 9.17) is 14.6 Å². The van der Waals surface area contributed by atoms with Gasteiger partial charge in [0.15, 0.2) is 0 Å². The highest BCUT2D eigenvalue weighted by Crippen LogP contribution is 2.39. The van der Waals surface area contributed by atoms with Gasteiger partial charge in [-0.2, -0.15) is 0 Å². The lowest BCUT2D eigenvalue weighted by Crippen LogP contribution is -2.47. The predicted octanol–water partition coefficient (Wildman–Crippen LogP) is 2.47. The molecule has 1 N–H and O–H groups in total. The maximum absolute atomic E-state index is 8.58. The van der Waals surface area contributed by atoms with Crippen LogP contribution in [0.15, 0.2) is 0 Å². The summed E-state index contributed by atoms with van der Waals surface area (Å²) in [4.78, 5) is 0. The topological polar surface area (TPSA) is 38.7 Å². The Morgan fingerprint density at radius 3 is 1.94 bits per heavy atom. The quantitative estimate of drug-likeness (QED) is 0.685. The molecule has 0 aliphatic rings. The molecule has 0 heterocycles. The zero-order valence-electron chi connectivity index (χ0n) is 11.7. The summed E-state index contributed by atoms with van der Waals surface area (Å²) >= 11 is 0.